The van der Waals surface area contributed by atoms with Gasteiger partial charge in [0.2, 0.25) is 0 Å². The number of carbonyl (C=O) groups is 1. The van der Waals surface area contributed by atoms with Crippen LogP contribution in [-0.4, -0.2) is 6.29 Å². The number of rotatable bonds is 6. The SMILES string of the molecule is CCC(CCC=O)CC(C)C. The number of aldehydes is 1. The summed E-state index contributed by atoms with van der Waals surface area (Å²) in [5.41, 5.74) is 0. The number of hydrogen-bond donors (Lipinski definition) is 0. The van der Waals surface area contributed by atoms with Crippen LogP contribution in [0.2, 0.25) is 0 Å². The van der Waals surface area contributed by atoms with Gasteiger partial charge in [-0.25, -0.2) is 0 Å². The Balaban J connectivity index is 3.48. The minimum Gasteiger partial charge on any atom is -0.303 e. The van der Waals surface area contributed by atoms with E-state index in [0.717, 1.165) is 31.0 Å². The Bertz CT molecular complexity index is 97.0. The van der Waals surface area contributed by atoms with Crippen LogP contribution in [0.1, 0.15) is 46.5 Å². The zero-order valence-corrected chi connectivity index (χ0v) is 7.97. The summed E-state index contributed by atoms with van der Waals surface area (Å²) in [5.74, 6) is 1.53. The molecule has 0 aromatic carbocycles. The van der Waals surface area contributed by atoms with Crippen LogP contribution in [0.5, 0.6) is 0 Å². The first kappa shape index (κ1) is 10.7. The molecule has 0 bridgehead atoms. The summed E-state index contributed by atoms with van der Waals surface area (Å²) in [6, 6.07) is 0. The third-order valence-corrected chi connectivity index (χ3v) is 2.07. The summed E-state index contributed by atoms with van der Waals surface area (Å²) >= 11 is 0. The largest absolute Gasteiger partial charge is 0.303 e. The molecule has 0 aliphatic heterocycles. The molecule has 11 heavy (non-hydrogen) atoms. The Labute approximate surface area is 70.2 Å². The van der Waals surface area contributed by atoms with Crippen molar-refractivity contribution in [3.63, 3.8) is 0 Å². The lowest BCUT2D eigenvalue weighted by Crippen LogP contribution is -2.03. The molecule has 0 rings (SSSR count). The predicted octanol–water partition coefficient (Wildman–Crippen LogP) is 3.04. The van der Waals surface area contributed by atoms with E-state index in [-0.39, 0.29) is 0 Å². The molecule has 0 spiro atoms. The van der Waals surface area contributed by atoms with Crippen LogP contribution >= 0.6 is 0 Å². The molecule has 0 heterocycles. The van der Waals surface area contributed by atoms with Crippen molar-refractivity contribution >= 4 is 6.29 Å². The van der Waals surface area contributed by atoms with Crippen LogP contribution in [0.3, 0.4) is 0 Å². The summed E-state index contributed by atoms with van der Waals surface area (Å²) in [6.45, 7) is 6.69. The van der Waals surface area contributed by atoms with E-state index in [1.165, 1.54) is 12.8 Å². The summed E-state index contributed by atoms with van der Waals surface area (Å²) in [4.78, 5) is 10.1. The normalized spacial score (nSPS) is 13.5. The first-order valence-electron chi connectivity index (χ1n) is 4.64. The molecule has 0 aliphatic carbocycles. The zero-order valence-electron chi connectivity index (χ0n) is 7.97. The van der Waals surface area contributed by atoms with Crippen molar-refractivity contribution in [3.8, 4) is 0 Å². The molecular formula is C10H20O. The van der Waals surface area contributed by atoms with Crippen molar-refractivity contribution in [2.24, 2.45) is 11.8 Å². The van der Waals surface area contributed by atoms with E-state index in [2.05, 4.69) is 20.8 Å². The highest BCUT2D eigenvalue weighted by Crippen LogP contribution is 2.19. The molecule has 1 unspecified atom stereocenters. The topological polar surface area (TPSA) is 17.1 Å². The van der Waals surface area contributed by atoms with E-state index in [4.69, 9.17) is 0 Å². The maximum Gasteiger partial charge on any atom is 0.120 e. The van der Waals surface area contributed by atoms with Gasteiger partial charge in [-0.2, -0.15) is 0 Å². The van der Waals surface area contributed by atoms with Crippen molar-refractivity contribution in [2.45, 2.75) is 46.5 Å². The van der Waals surface area contributed by atoms with Crippen LogP contribution in [0.4, 0.5) is 0 Å². The Morgan fingerprint density at radius 3 is 2.36 bits per heavy atom. The maximum atomic E-state index is 10.1. The van der Waals surface area contributed by atoms with Gasteiger partial charge in [0.25, 0.3) is 0 Å². The van der Waals surface area contributed by atoms with Gasteiger partial charge in [0.1, 0.15) is 6.29 Å². The van der Waals surface area contributed by atoms with Crippen molar-refractivity contribution in [3.05, 3.63) is 0 Å². The Morgan fingerprint density at radius 1 is 1.36 bits per heavy atom. The molecule has 0 aromatic heterocycles. The van der Waals surface area contributed by atoms with E-state index in [9.17, 15) is 4.79 Å². The number of hydrogen-bond acceptors (Lipinski definition) is 1. The van der Waals surface area contributed by atoms with E-state index in [1.54, 1.807) is 0 Å². The molecule has 0 aromatic rings. The highest BCUT2D eigenvalue weighted by atomic mass is 16.1. The van der Waals surface area contributed by atoms with E-state index >= 15 is 0 Å². The standard InChI is InChI=1S/C10H20O/c1-4-10(6-5-7-11)8-9(2)3/h7,9-10H,4-6,8H2,1-3H3. The van der Waals surface area contributed by atoms with Gasteiger partial charge in [0.15, 0.2) is 0 Å². The Kier molecular flexibility index (Phi) is 6.19. The summed E-state index contributed by atoms with van der Waals surface area (Å²) in [5, 5.41) is 0. The number of carbonyl (C=O) groups excluding carboxylic acids is 1. The molecule has 0 amide bonds. The van der Waals surface area contributed by atoms with Gasteiger partial charge < -0.3 is 4.79 Å². The predicted molar refractivity (Wildman–Crippen MR) is 48.5 cm³/mol. The fourth-order valence-electron chi connectivity index (χ4n) is 1.46. The molecule has 1 heteroatoms. The average Bonchev–Trinajstić information content (AvgIpc) is 1.97. The van der Waals surface area contributed by atoms with Crippen LogP contribution in [0.15, 0.2) is 0 Å². The average molecular weight is 156 g/mol. The van der Waals surface area contributed by atoms with E-state index < -0.39 is 0 Å². The van der Waals surface area contributed by atoms with Gasteiger partial charge in [-0.05, 0) is 24.7 Å². The van der Waals surface area contributed by atoms with Crippen LogP contribution in [0, 0.1) is 11.8 Å². The smallest absolute Gasteiger partial charge is 0.120 e. The second-order valence-electron chi connectivity index (χ2n) is 3.65. The first-order valence-corrected chi connectivity index (χ1v) is 4.64. The van der Waals surface area contributed by atoms with Gasteiger partial charge in [-0.1, -0.05) is 27.2 Å². The van der Waals surface area contributed by atoms with Crippen molar-refractivity contribution < 1.29 is 4.79 Å². The highest BCUT2D eigenvalue weighted by Gasteiger charge is 2.07. The van der Waals surface area contributed by atoms with Crippen LogP contribution in [-0.2, 0) is 4.79 Å². The van der Waals surface area contributed by atoms with E-state index in [0.29, 0.717) is 0 Å². The highest BCUT2D eigenvalue weighted by molar-refractivity contribution is 5.49. The molecule has 1 atom stereocenters. The van der Waals surface area contributed by atoms with Crippen LogP contribution in [0.25, 0.3) is 0 Å². The molecular weight excluding hydrogens is 136 g/mol. The third kappa shape index (κ3) is 6.08. The molecule has 0 saturated heterocycles. The molecule has 0 radical (unpaired) electrons. The monoisotopic (exact) mass is 156 g/mol. The summed E-state index contributed by atoms with van der Waals surface area (Å²) in [7, 11) is 0. The van der Waals surface area contributed by atoms with E-state index in [1.807, 2.05) is 0 Å². The zero-order chi connectivity index (χ0) is 8.69. The van der Waals surface area contributed by atoms with Gasteiger partial charge in [-0.3, -0.25) is 0 Å². The van der Waals surface area contributed by atoms with Crippen molar-refractivity contribution in [1.82, 2.24) is 0 Å². The maximum absolute atomic E-state index is 10.1. The fraction of sp³-hybridized carbons (Fsp3) is 0.900. The van der Waals surface area contributed by atoms with Crippen LogP contribution < -0.4 is 0 Å². The van der Waals surface area contributed by atoms with Gasteiger partial charge in [0, 0.05) is 6.42 Å². The minimum atomic E-state index is 0.741. The lowest BCUT2D eigenvalue weighted by atomic mass is 9.91. The van der Waals surface area contributed by atoms with Crippen molar-refractivity contribution in [2.75, 3.05) is 0 Å². The summed E-state index contributed by atoms with van der Waals surface area (Å²) in [6.07, 6.45) is 5.34. The second kappa shape index (κ2) is 6.38. The third-order valence-electron chi connectivity index (χ3n) is 2.07. The Morgan fingerprint density at radius 2 is 2.00 bits per heavy atom. The summed E-state index contributed by atoms with van der Waals surface area (Å²) < 4.78 is 0. The molecule has 0 saturated carbocycles. The molecule has 0 aliphatic rings. The minimum absolute atomic E-state index is 0.741. The quantitative estimate of drug-likeness (QED) is 0.540. The van der Waals surface area contributed by atoms with Gasteiger partial charge >= 0.3 is 0 Å². The van der Waals surface area contributed by atoms with Gasteiger partial charge in [0.05, 0.1) is 0 Å². The first-order chi connectivity index (χ1) is 5.20. The molecule has 0 fully saturated rings. The second-order valence-corrected chi connectivity index (χ2v) is 3.65. The Hall–Kier alpha value is -0.330. The molecule has 66 valence electrons. The lowest BCUT2D eigenvalue weighted by Gasteiger charge is -2.15. The van der Waals surface area contributed by atoms with Gasteiger partial charge in [-0.15, -0.1) is 0 Å². The lowest BCUT2D eigenvalue weighted by molar-refractivity contribution is -0.108. The van der Waals surface area contributed by atoms with Crippen molar-refractivity contribution in [1.29, 1.82) is 0 Å². The molecule has 0 N–H and O–H groups in total. The fourth-order valence-corrected chi connectivity index (χ4v) is 1.46. The molecule has 1 nitrogen and oxygen atoms in total.